The van der Waals surface area contributed by atoms with Crippen molar-refractivity contribution in [1.29, 1.82) is 5.41 Å². The lowest BCUT2D eigenvalue weighted by atomic mass is 9.97. The van der Waals surface area contributed by atoms with E-state index in [1.54, 1.807) is 6.21 Å². The van der Waals surface area contributed by atoms with Crippen LogP contribution in [0.25, 0.3) is 71.7 Å². The zero-order valence-electron chi connectivity index (χ0n) is 30.7. The molecule has 0 amide bonds. The summed E-state index contributed by atoms with van der Waals surface area (Å²) in [6, 6.07) is 64.0. The molecular weight excluding hydrogens is 717 g/mol. The summed E-state index contributed by atoms with van der Waals surface area (Å²) in [6.45, 7) is 0. The molecule has 0 bridgehead atoms. The minimum atomic E-state index is 0.0705. The Balaban J connectivity index is 1.02. The first-order valence-electron chi connectivity index (χ1n) is 18.8. The summed E-state index contributed by atoms with van der Waals surface area (Å²) < 4.78 is 8.81. The van der Waals surface area contributed by atoms with Crippen molar-refractivity contribution in [2.24, 2.45) is 9.98 Å². The first-order chi connectivity index (χ1) is 28.1. The van der Waals surface area contributed by atoms with E-state index in [1.165, 1.54) is 21.8 Å². The maximum absolute atomic E-state index is 9.16. The molecule has 0 aliphatic heterocycles. The highest BCUT2D eigenvalue weighted by molar-refractivity contribution is 7.80. The summed E-state index contributed by atoms with van der Waals surface area (Å²) in [5, 5.41) is 13.5. The van der Waals surface area contributed by atoms with E-state index in [0.717, 1.165) is 60.3 Å². The van der Waals surface area contributed by atoms with Crippen LogP contribution in [0.1, 0.15) is 16.7 Å². The van der Waals surface area contributed by atoms with Crippen LogP contribution in [-0.4, -0.2) is 22.5 Å². The topological polar surface area (TPSA) is 66.6 Å². The molecule has 0 saturated carbocycles. The van der Waals surface area contributed by atoms with Crippen LogP contribution in [0.3, 0.4) is 0 Å². The Morgan fingerprint density at radius 3 is 1.98 bits per heavy atom. The van der Waals surface area contributed by atoms with E-state index in [4.69, 9.17) is 32.4 Å². The van der Waals surface area contributed by atoms with E-state index < -0.39 is 0 Å². The van der Waals surface area contributed by atoms with Gasteiger partial charge in [0.1, 0.15) is 11.2 Å². The fraction of sp³-hybridized carbons (Fsp3) is 0. The van der Waals surface area contributed by atoms with Crippen LogP contribution in [0, 0.1) is 5.41 Å². The monoisotopic (exact) mass is 750 g/mol. The molecule has 10 aromatic rings. The van der Waals surface area contributed by atoms with Crippen LogP contribution in [0.4, 0.5) is 0 Å². The average molecular weight is 751 g/mol. The second kappa shape index (κ2) is 14.4. The number of furan rings is 1. The smallest absolute Gasteiger partial charge is 0.161 e. The molecule has 0 radical (unpaired) electrons. The highest BCUT2D eigenvalue weighted by atomic mass is 32.1. The van der Waals surface area contributed by atoms with Gasteiger partial charge in [0.2, 0.25) is 0 Å². The highest BCUT2D eigenvalue weighted by Crippen LogP contribution is 2.38. The average Bonchev–Trinajstić information content (AvgIpc) is 3.81. The molecule has 0 fully saturated rings. The van der Waals surface area contributed by atoms with Gasteiger partial charge in [-0.25, -0.2) is 9.98 Å². The standard InChI is InChI=1S/C51H34N4OS/c52-50(54-51(34-15-5-2-6-16-34)53-32-33-13-3-1-4-14-33)42-22-12-21-41-44-31-35(25-27-47(44)56-49(41)42)36-26-28-48(57)43(30-36)37-17-11-18-38(29-37)55-45-23-9-7-19-39(45)40-20-8-10-24-46(40)55/h1-32,52,57H/b52-50?,53-32+,54-51-. The number of amidine groups is 2. The fourth-order valence-electron chi connectivity index (χ4n) is 7.72. The molecular formula is C51H34N4OS. The lowest BCUT2D eigenvalue weighted by Gasteiger charge is -2.13. The molecule has 0 unspecified atom stereocenters. The molecule has 0 aliphatic rings. The normalized spacial score (nSPS) is 12.1. The maximum atomic E-state index is 9.16. The Labute approximate surface area is 334 Å². The molecule has 0 aliphatic carbocycles. The van der Waals surface area contributed by atoms with Gasteiger partial charge < -0.3 is 8.98 Å². The summed E-state index contributed by atoms with van der Waals surface area (Å²) >= 11 is 4.94. The Hall–Kier alpha value is -7.28. The van der Waals surface area contributed by atoms with Gasteiger partial charge >= 0.3 is 0 Å². The number of nitrogens with zero attached hydrogens (tertiary/aromatic N) is 3. The van der Waals surface area contributed by atoms with Crippen molar-refractivity contribution < 1.29 is 4.42 Å². The lowest BCUT2D eigenvalue weighted by molar-refractivity contribution is 0.668. The van der Waals surface area contributed by atoms with Crippen LogP contribution in [-0.2, 0) is 0 Å². The first kappa shape index (κ1) is 34.2. The molecule has 2 aromatic heterocycles. The van der Waals surface area contributed by atoms with Gasteiger partial charge in [0, 0.05) is 43.9 Å². The molecule has 2 heterocycles. The quantitative estimate of drug-likeness (QED) is 0.0992. The van der Waals surface area contributed by atoms with Gasteiger partial charge in [-0.15, -0.1) is 12.6 Å². The second-order valence-electron chi connectivity index (χ2n) is 14.0. The van der Waals surface area contributed by atoms with Crippen molar-refractivity contribution >= 4 is 74.3 Å². The maximum Gasteiger partial charge on any atom is 0.161 e. The minimum absolute atomic E-state index is 0.0705. The van der Waals surface area contributed by atoms with E-state index in [2.05, 4.69) is 108 Å². The van der Waals surface area contributed by atoms with Crippen molar-refractivity contribution in [1.82, 2.24) is 4.57 Å². The molecule has 270 valence electrons. The molecule has 10 rings (SSSR count). The molecule has 57 heavy (non-hydrogen) atoms. The largest absolute Gasteiger partial charge is 0.455 e. The third kappa shape index (κ3) is 6.32. The molecule has 0 saturated heterocycles. The predicted octanol–water partition coefficient (Wildman–Crippen LogP) is 13.2. The number of thiol groups is 1. The zero-order chi connectivity index (χ0) is 38.3. The lowest BCUT2D eigenvalue weighted by Crippen LogP contribution is -2.04. The predicted molar refractivity (Wildman–Crippen MR) is 240 cm³/mol. The Kier molecular flexibility index (Phi) is 8.66. The Morgan fingerprint density at radius 1 is 0.561 bits per heavy atom. The fourth-order valence-corrected chi connectivity index (χ4v) is 7.99. The van der Waals surface area contributed by atoms with Gasteiger partial charge in [0.25, 0.3) is 0 Å². The first-order valence-corrected chi connectivity index (χ1v) is 19.2. The zero-order valence-corrected chi connectivity index (χ0v) is 31.6. The van der Waals surface area contributed by atoms with E-state index in [9.17, 15) is 0 Å². The molecule has 8 aromatic carbocycles. The van der Waals surface area contributed by atoms with Crippen molar-refractivity contribution in [3.8, 4) is 27.9 Å². The van der Waals surface area contributed by atoms with Crippen molar-refractivity contribution in [2.75, 3.05) is 0 Å². The summed E-state index contributed by atoms with van der Waals surface area (Å²) in [5.74, 6) is 0.519. The molecule has 0 spiro atoms. The van der Waals surface area contributed by atoms with Crippen LogP contribution in [0.2, 0.25) is 0 Å². The minimum Gasteiger partial charge on any atom is -0.455 e. The molecule has 1 N–H and O–H groups in total. The van der Waals surface area contributed by atoms with E-state index in [1.807, 2.05) is 84.9 Å². The summed E-state index contributed by atoms with van der Waals surface area (Å²) in [5.41, 5.74) is 11.4. The third-order valence-corrected chi connectivity index (χ3v) is 10.9. The van der Waals surface area contributed by atoms with Gasteiger partial charge in [0.15, 0.2) is 11.7 Å². The number of benzene rings is 8. The van der Waals surface area contributed by atoms with E-state index in [0.29, 0.717) is 17.0 Å². The van der Waals surface area contributed by atoms with Crippen LogP contribution < -0.4 is 0 Å². The van der Waals surface area contributed by atoms with Crippen LogP contribution in [0.5, 0.6) is 0 Å². The number of aromatic nitrogens is 1. The number of fused-ring (bicyclic) bond motifs is 6. The van der Waals surface area contributed by atoms with Gasteiger partial charge in [-0.3, -0.25) is 5.41 Å². The SMILES string of the molecule is N=C(/N=C(\N=C\c1ccccc1)c1ccccc1)c1cccc2c1oc1ccc(-c3ccc(S)c(-c4cccc(-n5c6ccccc6c6ccccc65)c4)c3)cc12. The number of nitrogens with one attached hydrogen (secondary N) is 1. The third-order valence-electron chi connectivity index (χ3n) is 10.5. The number of aliphatic imine (C=N–C) groups is 2. The van der Waals surface area contributed by atoms with Crippen molar-refractivity contribution in [3.05, 3.63) is 205 Å². The highest BCUT2D eigenvalue weighted by Gasteiger charge is 2.17. The Bertz CT molecular complexity index is 3160. The van der Waals surface area contributed by atoms with Gasteiger partial charge in [-0.2, -0.15) is 0 Å². The van der Waals surface area contributed by atoms with Crippen molar-refractivity contribution in [2.45, 2.75) is 4.90 Å². The van der Waals surface area contributed by atoms with Gasteiger partial charge in [-0.05, 0) is 82.4 Å². The molecule has 6 heteroatoms. The van der Waals surface area contributed by atoms with Gasteiger partial charge in [-0.1, -0.05) is 133 Å². The number of rotatable bonds is 6. The molecule has 5 nitrogen and oxygen atoms in total. The van der Waals surface area contributed by atoms with E-state index in [-0.39, 0.29) is 5.84 Å². The van der Waals surface area contributed by atoms with E-state index >= 15 is 0 Å². The van der Waals surface area contributed by atoms with Gasteiger partial charge in [0.05, 0.1) is 16.6 Å². The number of hydrogen-bond acceptors (Lipinski definition) is 3. The second-order valence-corrected chi connectivity index (χ2v) is 14.4. The summed E-state index contributed by atoms with van der Waals surface area (Å²) in [7, 11) is 0. The molecule has 0 atom stereocenters. The summed E-state index contributed by atoms with van der Waals surface area (Å²) in [4.78, 5) is 10.4. The van der Waals surface area contributed by atoms with Crippen LogP contribution >= 0.6 is 12.6 Å². The number of para-hydroxylation sites is 3. The van der Waals surface area contributed by atoms with Crippen LogP contribution in [0.15, 0.2) is 207 Å². The number of hydrogen-bond donors (Lipinski definition) is 2. The van der Waals surface area contributed by atoms with Crippen molar-refractivity contribution in [3.63, 3.8) is 0 Å². The summed E-state index contributed by atoms with van der Waals surface area (Å²) in [6.07, 6.45) is 1.77. The Morgan fingerprint density at radius 2 is 1.21 bits per heavy atom.